The molecule has 0 N–H and O–H groups in total. The van der Waals surface area contributed by atoms with Gasteiger partial charge >= 0.3 is 0 Å². The lowest BCUT2D eigenvalue weighted by atomic mass is 10.0. The van der Waals surface area contributed by atoms with Crippen molar-refractivity contribution < 1.29 is 18.5 Å². The molecule has 0 saturated heterocycles. The van der Waals surface area contributed by atoms with Crippen molar-refractivity contribution in [3.8, 4) is 17.0 Å². The predicted octanol–water partition coefficient (Wildman–Crippen LogP) is 4.87. The van der Waals surface area contributed by atoms with Crippen LogP contribution in [-0.4, -0.2) is 41.1 Å². The molecule has 0 spiro atoms. The van der Waals surface area contributed by atoms with Crippen molar-refractivity contribution >= 4 is 17.0 Å². The average Bonchev–Trinajstić information content (AvgIpc) is 3.29. The molecule has 4 aromatic rings. The summed E-state index contributed by atoms with van der Waals surface area (Å²) in [5.41, 5.74) is 3.96. The van der Waals surface area contributed by atoms with Gasteiger partial charge in [0.25, 0.3) is 11.6 Å². The average molecular weight is 419 g/mol. The second-order valence-electron chi connectivity index (χ2n) is 7.67. The number of para-hydroxylation sites is 1. The van der Waals surface area contributed by atoms with Crippen LogP contribution in [0.3, 0.4) is 0 Å². The third kappa shape index (κ3) is 4.03. The molecular formula is C24H25N3O4. The maximum absolute atomic E-state index is 13.3. The summed E-state index contributed by atoms with van der Waals surface area (Å²) in [6.45, 7) is 8.36. The maximum atomic E-state index is 13.3. The maximum Gasteiger partial charge on any atom is 0.259 e. The summed E-state index contributed by atoms with van der Waals surface area (Å²) in [5.74, 6) is 2.18. The van der Waals surface area contributed by atoms with Gasteiger partial charge in [0.2, 0.25) is 0 Å². The third-order valence-corrected chi connectivity index (χ3v) is 5.29. The van der Waals surface area contributed by atoms with Crippen molar-refractivity contribution in [1.82, 2.24) is 15.0 Å². The number of rotatable bonds is 6. The van der Waals surface area contributed by atoms with Crippen LogP contribution in [0.4, 0.5) is 0 Å². The second-order valence-corrected chi connectivity index (χ2v) is 7.67. The zero-order chi connectivity index (χ0) is 22.1. The van der Waals surface area contributed by atoms with Crippen molar-refractivity contribution in [2.24, 2.45) is 0 Å². The van der Waals surface area contributed by atoms with Gasteiger partial charge in [-0.25, -0.2) is 4.98 Å². The number of nitrogens with zero attached hydrogens (tertiary/aromatic N) is 3. The number of aryl methyl sites for hydroxylation is 4. The molecule has 0 aliphatic heterocycles. The standard InChI is InChI=1S/C24H25N3O4/c1-14-8-6-7-9-21(14)29-11-10-27(5)24(28)19-13-20(18-12-15(2)30-17(18)4)25-23-22(19)16(3)26-31-23/h6-9,12-13H,10-11H2,1-5H3. The van der Waals surface area contributed by atoms with Crippen LogP contribution in [0.5, 0.6) is 5.75 Å². The fourth-order valence-electron chi connectivity index (χ4n) is 3.60. The monoisotopic (exact) mass is 419 g/mol. The third-order valence-electron chi connectivity index (χ3n) is 5.29. The van der Waals surface area contributed by atoms with Crippen molar-refractivity contribution in [1.29, 1.82) is 0 Å². The van der Waals surface area contributed by atoms with E-state index >= 15 is 0 Å². The highest BCUT2D eigenvalue weighted by atomic mass is 16.5. The summed E-state index contributed by atoms with van der Waals surface area (Å²) in [7, 11) is 1.76. The Balaban J connectivity index is 1.61. The minimum absolute atomic E-state index is 0.147. The number of likely N-dealkylation sites (N-methyl/N-ethyl adjacent to an activating group) is 1. The summed E-state index contributed by atoms with van der Waals surface area (Å²) in [5, 5.41) is 4.64. The highest BCUT2D eigenvalue weighted by Gasteiger charge is 2.23. The fraction of sp³-hybridized carbons (Fsp3) is 0.292. The van der Waals surface area contributed by atoms with E-state index < -0.39 is 0 Å². The Morgan fingerprint density at radius 1 is 1.13 bits per heavy atom. The number of benzene rings is 1. The number of carbonyl (C=O) groups excluding carboxylic acids is 1. The van der Waals surface area contributed by atoms with Gasteiger partial charge in [-0.05, 0) is 51.5 Å². The zero-order valence-electron chi connectivity index (χ0n) is 18.4. The summed E-state index contributed by atoms with van der Waals surface area (Å²) >= 11 is 0. The smallest absolute Gasteiger partial charge is 0.259 e. The highest BCUT2D eigenvalue weighted by Crippen LogP contribution is 2.31. The number of furan rings is 1. The summed E-state index contributed by atoms with van der Waals surface area (Å²) < 4.78 is 16.9. The van der Waals surface area contributed by atoms with E-state index in [2.05, 4.69) is 10.1 Å². The molecule has 7 heteroatoms. The van der Waals surface area contributed by atoms with Crippen LogP contribution in [0, 0.1) is 27.7 Å². The predicted molar refractivity (Wildman–Crippen MR) is 117 cm³/mol. The first-order chi connectivity index (χ1) is 14.8. The van der Waals surface area contributed by atoms with Crippen LogP contribution < -0.4 is 4.74 Å². The van der Waals surface area contributed by atoms with Gasteiger partial charge in [-0.2, -0.15) is 0 Å². The molecule has 1 aromatic carbocycles. The molecule has 0 bridgehead atoms. The minimum Gasteiger partial charge on any atom is -0.491 e. The number of amides is 1. The molecule has 0 fully saturated rings. The van der Waals surface area contributed by atoms with Crippen LogP contribution >= 0.6 is 0 Å². The fourth-order valence-corrected chi connectivity index (χ4v) is 3.60. The van der Waals surface area contributed by atoms with E-state index in [9.17, 15) is 4.79 Å². The first-order valence-corrected chi connectivity index (χ1v) is 10.1. The Kier molecular flexibility index (Phi) is 5.50. The van der Waals surface area contributed by atoms with Crippen LogP contribution in [0.2, 0.25) is 0 Å². The largest absolute Gasteiger partial charge is 0.491 e. The van der Waals surface area contributed by atoms with E-state index in [1.807, 2.05) is 51.1 Å². The quantitative estimate of drug-likeness (QED) is 0.444. The topological polar surface area (TPSA) is 81.6 Å². The van der Waals surface area contributed by atoms with Gasteiger partial charge in [-0.15, -0.1) is 0 Å². The molecule has 160 valence electrons. The minimum atomic E-state index is -0.147. The number of ether oxygens (including phenoxy) is 1. The van der Waals surface area contributed by atoms with Gasteiger partial charge in [0.05, 0.1) is 28.9 Å². The van der Waals surface area contributed by atoms with E-state index in [1.165, 1.54) is 0 Å². The molecule has 3 heterocycles. The van der Waals surface area contributed by atoms with Crippen molar-refractivity contribution in [3.05, 3.63) is 64.7 Å². The van der Waals surface area contributed by atoms with E-state index in [1.54, 1.807) is 24.9 Å². The van der Waals surface area contributed by atoms with Crippen molar-refractivity contribution in [2.75, 3.05) is 20.2 Å². The molecule has 3 aromatic heterocycles. The number of fused-ring (bicyclic) bond motifs is 1. The zero-order valence-corrected chi connectivity index (χ0v) is 18.4. The molecule has 1 amide bonds. The number of pyridine rings is 1. The molecule has 0 radical (unpaired) electrons. The molecule has 0 aliphatic carbocycles. The summed E-state index contributed by atoms with van der Waals surface area (Å²) in [4.78, 5) is 19.5. The van der Waals surface area contributed by atoms with Gasteiger partial charge in [-0.1, -0.05) is 23.4 Å². The Morgan fingerprint density at radius 3 is 2.61 bits per heavy atom. The number of hydrogen-bond acceptors (Lipinski definition) is 6. The molecule has 0 saturated carbocycles. The van der Waals surface area contributed by atoms with Crippen molar-refractivity contribution in [3.63, 3.8) is 0 Å². The van der Waals surface area contributed by atoms with Crippen LogP contribution in [-0.2, 0) is 0 Å². The first kappa shape index (κ1) is 20.7. The van der Waals surface area contributed by atoms with Gasteiger partial charge in [-0.3, -0.25) is 4.79 Å². The highest BCUT2D eigenvalue weighted by molar-refractivity contribution is 6.06. The van der Waals surface area contributed by atoms with E-state index in [0.717, 1.165) is 28.4 Å². The molecule has 0 unspecified atom stereocenters. The van der Waals surface area contributed by atoms with Gasteiger partial charge in [0, 0.05) is 12.6 Å². The number of hydrogen-bond donors (Lipinski definition) is 0. The Bertz CT molecular complexity index is 1260. The van der Waals surface area contributed by atoms with Gasteiger partial charge < -0.3 is 18.6 Å². The van der Waals surface area contributed by atoms with Crippen molar-refractivity contribution in [2.45, 2.75) is 27.7 Å². The number of carbonyl (C=O) groups is 1. The van der Waals surface area contributed by atoms with E-state index in [0.29, 0.717) is 41.2 Å². The first-order valence-electron chi connectivity index (χ1n) is 10.1. The van der Waals surface area contributed by atoms with E-state index in [4.69, 9.17) is 13.7 Å². The Labute approximate surface area is 180 Å². The molecular weight excluding hydrogens is 394 g/mol. The van der Waals surface area contributed by atoms with Gasteiger partial charge in [0.1, 0.15) is 23.9 Å². The lowest BCUT2D eigenvalue weighted by molar-refractivity contribution is 0.0775. The second kappa shape index (κ2) is 8.26. The summed E-state index contributed by atoms with van der Waals surface area (Å²) in [6, 6.07) is 11.5. The Hall–Kier alpha value is -3.61. The van der Waals surface area contributed by atoms with E-state index in [-0.39, 0.29) is 5.91 Å². The Morgan fingerprint density at radius 2 is 1.90 bits per heavy atom. The molecule has 0 atom stereocenters. The lowest BCUT2D eigenvalue weighted by Crippen LogP contribution is -2.31. The van der Waals surface area contributed by atoms with Crippen LogP contribution in [0.1, 0.15) is 33.1 Å². The molecule has 31 heavy (non-hydrogen) atoms. The SMILES string of the molecule is Cc1cc(-c2cc(C(=O)N(C)CCOc3ccccc3C)c3c(C)noc3n2)c(C)o1. The van der Waals surface area contributed by atoms with Gasteiger partial charge in [0.15, 0.2) is 0 Å². The molecule has 4 rings (SSSR count). The number of aromatic nitrogens is 2. The lowest BCUT2D eigenvalue weighted by Gasteiger charge is -2.19. The summed E-state index contributed by atoms with van der Waals surface area (Å²) in [6.07, 6.45) is 0. The van der Waals surface area contributed by atoms with Crippen LogP contribution in [0.15, 0.2) is 45.3 Å². The van der Waals surface area contributed by atoms with Crippen LogP contribution in [0.25, 0.3) is 22.4 Å². The molecule has 0 aliphatic rings. The molecule has 7 nitrogen and oxygen atoms in total. The normalized spacial score (nSPS) is 11.1.